The number of carbonyl (C=O) groups is 2. The zero-order valence-electron chi connectivity index (χ0n) is 9.98. The maximum Gasteiger partial charge on any atom is 0.188 e. The van der Waals surface area contributed by atoms with Gasteiger partial charge in [-0.15, -0.1) is 0 Å². The fourth-order valence-electron chi connectivity index (χ4n) is 1.25. The lowest BCUT2D eigenvalue weighted by molar-refractivity contribution is -0.125. The van der Waals surface area contributed by atoms with Crippen LogP contribution in [0, 0.1) is 0 Å². The van der Waals surface area contributed by atoms with Crippen LogP contribution in [-0.4, -0.2) is 21.4 Å². The number of carbonyl (C=O) groups excluding carboxylic acids is 2. The van der Waals surface area contributed by atoms with E-state index in [1.165, 1.54) is 6.92 Å². The van der Waals surface area contributed by atoms with Crippen molar-refractivity contribution in [1.82, 2.24) is 0 Å². The standard InChI is InChI=1S/C11H19Cl2NO2/c1-4-10(3,14)9(16)11(12,13)7-5-6-8(2)15/h4-7,14H2,1-3H3. The molecule has 16 heavy (non-hydrogen) atoms. The zero-order chi connectivity index (χ0) is 13.0. The van der Waals surface area contributed by atoms with Crippen LogP contribution in [0.25, 0.3) is 0 Å². The summed E-state index contributed by atoms with van der Waals surface area (Å²) in [4.78, 5) is 22.7. The van der Waals surface area contributed by atoms with Crippen LogP contribution in [0.15, 0.2) is 0 Å². The highest BCUT2D eigenvalue weighted by atomic mass is 35.5. The molecule has 2 N–H and O–H groups in total. The van der Waals surface area contributed by atoms with Crippen molar-refractivity contribution >= 4 is 34.8 Å². The molecule has 1 unspecified atom stereocenters. The number of alkyl halides is 2. The third kappa shape index (κ3) is 4.81. The van der Waals surface area contributed by atoms with Gasteiger partial charge in [0.2, 0.25) is 0 Å². The molecule has 0 aromatic carbocycles. The molecule has 0 spiro atoms. The van der Waals surface area contributed by atoms with Gasteiger partial charge in [-0.1, -0.05) is 30.1 Å². The van der Waals surface area contributed by atoms with Gasteiger partial charge in [0.1, 0.15) is 5.78 Å². The molecular formula is C11H19Cl2NO2. The van der Waals surface area contributed by atoms with E-state index in [0.29, 0.717) is 19.3 Å². The highest BCUT2D eigenvalue weighted by molar-refractivity contribution is 6.59. The number of rotatable bonds is 7. The number of ketones is 2. The highest BCUT2D eigenvalue weighted by Gasteiger charge is 2.42. The quantitative estimate of drug-likeness (QED) is 0.722. The van der Waals surface area contributed by atoms with Crippen molar-refractivity contribution in [2.24, 2.45) is 5.73 Å². The molecule has 3 nitrogen and oxygen atoms in total. The van der Waals surface area contributed by atoms with E-state index in [9.17, 15) is 9.59 Å². The summed E-state index contributed by atoms with van der Waals surface area (Å²) in [6.45, 7) is 4.90. The molecule has 0 aliphatic rings. The second kappa shape index (κ2) is 5.99. The summed E-state index contributed by atoms with van der Waals surface area (Å²) in [5, 5.41) is 0. The maximum absolute atomic E-state index is 11.9. The molecule has 94 valence electrons. The van der Waals surface area contributed by atoms with Gasteiger partial charge in [-0.05, 0) is 33.1 Å². The van der Waals surface area contributed by atoms with Crippen LogP contribution in [0.3, 0.4) is 0 Å². The van der Waals surface area contributed by atoms with Crippen LogP contribution < -0.4 is 5.73 Å². The predicted octanol–water partition coefficient (Wildman–Crippen LogP) is 2.62. The molecule has 0 saturated carbocycles. The molecule has 0 aliphatic heterocycles. The monoisotopic (exact) mass is 267 g/mol. The Morgan fingerprint density at radius 1 is 1.31 bits per heavy atom. The lowest BCUT2D eigenvalue weighted by atomic mass is 9.90. The van der Waals surface area contributed by atoms with Crippen LogP contribution in [0.2, 0.25) is 0 Å². The van der Waals surface area contributed by atoms with Gasteiger partial charge in [-0.25, -0.2) is 0 Å². The average molecular weight is 268 g/mol. The molecule has 0 amide bonds. The Morgan fingerprint density at radius 2 is 1.81 bits per heavy atom. The summed E-state index contributed by atoms with van der Waals surface area (Å²) in [6.07, 6.45) is 1.59. The van der Waals surface area contributed by atoms with Gasteiger partial charge in [0, 0.05) is 6.42 Å². The minimum absolute atomic E-state index is 0.0579. The van der Waals surface area contributed by atoms with Crippen molar-refractivity contribution in [3.05, 3.63) is 0 Å². The number of nitrogens with two attached hydrogens (primary N) is 1. The van der Waals surface area contributed by atoms with E-state index < -0.39 is 9.87 Å². The van der Waals surface area contributed by atoms with E-state index >= 15 is 0 Å². The van der Waals surface area contributed by atoms with Gasteiger partial charge >= 0.3 is 0 Å². The number of Topliss-reactive ketones (excluding diaryl/α,β-unsaturated/α-hetero) is 2. The molecule has 0 rings (SSSR count). The third-order valence-electron chi connectivity index (χ3n) is 2.60. The van der Waals surface area contributed by atoms with Crippen LogP contribution in [0.5, 0.6) is 0 Å². The van der Waals surface area contributed by atoms with Crippen molar-refractivity contribution in [3.8, 4) is 0 Å². The molecule has 5 heteroatoms. The van der Waals surface area contributed by atoms with Crippen LogP contribution in [0.4, 0.5) is 0 Å². The number of halogens is 2. The largest absolute Gasteiger partial charge is 0.319 e. The van der Waals surface area contributed by atoms with Crippen LogP contribution in [0.1, 0.15) is 46.5 Å². The third-order valence-corrected chi connectivity index (χ3v) is 3.33. The molecule has 0 radical (unpaired) electrons. The first-order valence-electron chi connectivity index (χ1n) is 5.34. The summed E-state index contributed by atoms with van der Waals surface area (Å²) in [6, 6.07) is 0. The normalized spacial score (nSPS) is 15.6. The summed E-state index contributed by atoms with van der Waals surface area (Å²) in [5.41, 5.74) is 4.78. The first kappa shape index (κ1) is 15.9. The van der Waals surface area contributed by atoms with E-state index in [4.69, 9.17) is 28.9 Å². The van der Waals surface area contributed by atoms with E-state index in [2.05, 4.69) is 0 Å². The van der Waals surface area contributed by atoms with Gasteiger partial charge in [-0.3, -0.25) is 4.79 Å². The Balaban J connectivity index is 4.42. The molecule has 1 atom stereocenters. The molecule has 0 heterocycles. The molecule has 0 aliphatic carbocycles. The van der Waals surface area contributed by atoms with Crippen LogP contribution >= 0.6 is 23.2 Å². The van der Waals surface area contributed by atoms with Gasteiger partial charge in [0.15, 0.2) is 10.1 Å². The van der Waals surface area contributed by atoms with E-state index in [1.807, 2.05) is 0 Å². The van der Waals surface area contributed by atoms with Crippen molar-refractivity contribution < 1.29 is 9.59 Å². The lowest BCUT2D eigenvalue weighted by Gasteiger charge is -2.28. The fraction of sp³-hybridized carbons (Fsp3) is 0.818. The molecule has 0 aromatic rings. The maximum atomic E-state index is 11.9. The second-order valence-corrected chi connectivity index (χ2v) is 5.84. The van der Waals surface area contributed by atoms with Crippen molar-refractivity contribution in [1.29, 1.82) is 0 Å². The summed E-state index contributed by atoms with van der Waals surface area (Å²) < 4.78 is -1.49. The van der Waals surface area contributed by atoms with Crippen molar-refractivity contribution in [3.63, 3.8) is 0 Å². The summed E-state index contributed by atoms with van der Waals surface area (Å²) in [5.74, 6) is -0.322. The first-order valence-corrected chi connectivity index (χ1v) is 6.10. The topological polar surface area (TPSA) is 60.2 Å². The minimum atomic E-state index is -1.49. The summed E-state index contributed by atoms with van der Waals surface area (Å²) >= 11 is 11.9. The Kier molecular flexibility index (Phi) is 5.94. The van der Waals surface area contributed by atoms with E-state index in [-0.39, 0.29) is 18.0 Å². The van der Waals surface area contributed by atoms with Crippen molar-refractivity contribution in [2.45, 2.75) is 56.3 Å². The van der Waals surface area contributed by atoms with Crippen molar-refractivity contribution in [2.75, 3.05) is 0 Å². The number of hydrogen-bond donors (Lipinski definition) is 1. The smallest absolute Gasteiger partial charge is 0.188 e. The van der Waals surface area contributed by atoms with E-state index in [1.54, 1.807) is 13.8 Å². The van der Waals surface area contributed by atoms with E-state index in [0.717, 1.165) is 0 Å². The summed E-state index contributed by atoms with van der Waals surface area (Å²) in [7, 11) is 0. The van der Waals surface area contributed by atoms with Gasteiger partial charge in [-0.2, -0.15) is 0 Å². The van der Waals surface area contributed by atoms with Gasteiger partial charge < -0.3 is 10.5 Å². The minimum Gasteiger partial charge on any atom is -0.319 e. The zero-order valence-corrected chi connectivity index (χ0v) is 11.5. The molecule has 0 fully saturated rings. The first-order chi connectivity index (χ1) is 7.13. The highest BCUT2D eigenvalue weighted by Crippen LogP contribution is 2.33. The average Bonchev–Trinajstić information content (AvgIpc) is 2.15. The molecule has 0 aromatic heterocycles. The SMILES string of the molecule is CCC(C)(N)C(=O)C(Cl)(Cl)CCCC(C)=O. The number of hydrogen-bond acceptors (Lipinski definition) is 3. The van der Waals surface area contributed by atoms with Gasteiger partial charge in [0.05, 0.1) is 5.54 Å². The Labute approximate surface area is 107 Å². The molecule has 0 bridgehead atoms. The Hall–Kier alpha value is -0.120. The second-order valence-electron chi connectivity index (χ2n) is 4.36. The van der Waals surface area contributed by atoms with Crippen LogP contribution in [-0.2, 0) is 9.59 Å². The van der Waals surface area contributed by atoms with Gasteiger partial charge in [0.25, 0.3) is 0 Å². The Bertz CT molecular complexity index is 275. The molecular weight excluding hydrogens is 249 g/mol. The molecule has 0 saturated heterocycles. The predicted molar refractivity (Wildman–Crippen MR) is 66.9 cm³/mol. The Morgan fingerprint density at radius 3 is 2.19 bits per heavy atom. The lowest BCUT2D eigenvalue weighted by Crippen LogP contribution is -2.51. The fourth-order valence-corrected chi connectivity index (χ4v) is 1.95.